The van der Waals surface area contributed by atoms with Crippen LogP contribution in [0.1, 0.15) is 18.9 Å². The van der Waals surface area contributed by atoms with Gasteiger partial charge in [0.25, 0.3) is 5.91 Å². The third kappa shape index (κ3) is 5.55. The fourth-order valence-electron chi connectivity index (χ4n) is 1.70. The second kappa shape index (κ2) is 9.30. The highest BCUT2D eigenvalue weighted by Gasteiger charge is 2.14. The van der Waals surface area contributed by atoms with Gasteiger partial charge in [0, 0.05) is 11.0 Å². The van der Waals surface area contributed by atoms with Crippen LogP contribution in [-0.2, 0) is 20.7 Å². The van der Waals surface area contributed by atoms with Gasteiger partial charge in [-0.2, -0.15) is 0 Å². The van der Waals surface area contributed by atoms with Crippen molar-refractivity contribution in [1.29, 1.82) is 0 Å². The predicted molar refractivity (Wildman–Crippen MR) is 85.2 cm³/mol. The molecule has 1 N–H and O–H groups in total. The first-order valence-corrected chi connectivity index (χ1v) is 7.63. The van der Waals surface area contributed by atoms with Crippen molar-refractivity contribution in [2.75, 3.05) is 27.4 Å². The summed E-state index contributed by atoms with van der Waals surface area (Å²) < 4.78 is 16.0. The first kappa shape index (κ1) is 18.3. The molecule has 0 bridgehead atoms. The van der Waals surface area contributed by atoms with Crippen LogP contribution in [0.4, 0.5) is 0 Å². The van der Waals surface area contributed by atoms with Crippen molar-refractivity contribution in [1.82, 2.24) is 5.32 Å². The van der Waals surface area contributed by atoms with Crippen LogP contribution in [0.15, 0.2) is 16.6 Å². The van der Waals surface area contributed by atoms with Crippen molar-refractivity contribution < 1.29 is 23.8 Å². The Labute approximate surface area is 138 Å². The topological polar surface area (TPSA) is 73.9 Å². The lowest BCUT2D eigenvalue weighted by Crippen LogP contribution is -2.29. The highest BCUT2D eigenvalue weighted by atomic mass is 79.9. The summed E-state index contributed by atoms with van der Waals surface area (Å²) in [6.07, 6.45) is 0.861. The summed E-state index contributed by atoms with van der Waals surface area (Å²) in [6, 6.07) is 3.41. The van der Waals surface area contributed by atoms with Gasteiger partial charge in [-0.05, 0) is 24.1 Å². The van der Waals surface area contributed by atoms with Crippen LogP contribution >= 0.6 is 15.9 Å². The molecule has 6 nitrogen and oxygen atoms in total. The molecule has 122 valence electrons. The van der Waals surface area contributed by atoms with Gasteiger partial charge in [-0.25, -0.2) is 0 Å². The lowest BCUT2D eigenvalue weighted by molar-refractivity contribution is -0.147. The number of hydrogen-bond donors (Lipinski definition) is 1. The lowest BCUT2D eigenvalue weighted by Gasteiger charge is -2.11. The second-order valence-corrected chi connectivity index (χ2v) is 5.34. The van der Waals surface area contributed by atoms with Crippen molar-refractivity contribution >= 4 is 27.8 Å². The first-order valence-electron chi connectivity index (χ1n) is 6.84. The highest BCUT2D eigenvalue weighted by molar-refractivity contribution is 9.10. The monoisotopic (exact) mass is 373 g/mol. The summed E-state index contributed by atoms with van der Waals surface area (Å²) in [5, 5.41) is 2.63. The molecule has 1 rings (SSSR count). The molecule has 0 unspecified atom stereocenters. The van der Waals surface area contributed by atoms with E-state index >= 15 is 0 Å². The molecule has 22 heavy (non-hydrogen) atoms. The summed E-state index contributed by atoms with van der Waals surface area (Å²) in [4.78, 5) is 23.2. The molecule has 7 heteroatoms. The molecule has 1 amide bonds. The van der Waals surface area contributed by atoms with Crippen molar-refractivity contribution in [2.45, 2.75) is 19.8 Å². The maximum Gasteiger partial charge on any atom is 0.310 e. The van der Waals surface area contributed by atoms with Crippen LogP contribution in [0, 0.1) is 0 Å². The number of carbonyl (C=O) groups is 2. The number of amides is 1. The Kier molecular flexibility index (Phi) is 7.73. The first-order chi connectivity index (χ1) is 10.5. The molecule has 0 spiro atoms. The minimum absolute atomic E-state index is 0.0298. The van der Waals surface area contributed by atoms with Crippen LogP contribution in [0.5, 0.6) is 11.5 Å². The molecule has 0 aromatic heterocycles. The Bertz CT molecular complexity index is 533. The van der Waals surface area contributed by atoms with Crippen molar-refractivity contribution in [3.05, 3.63) is 22.2 Å². The van der Waals surface area contributed by atoms with E-state index < -0.39 is 5.97 Å². The molecule has 0 aliphatic carbocycles. The summed E-state index contributed by atoms with van der Waals surface area (Å²) >= 11 is 3.37. The maximum absolute atomic E-state index is 11.8. The Morgan fingerprint density at radius 2 is 1.82 bits per heavy atom. The summed E-state index contributed by atoms with van der Waals surface area (Å²) in [6.45, 7) is 2.24. The molecule has 1 aromatic rings. The van der Waals surface area contributed by atoms with Crippen molar-refractivity contribution in [3.8, 4) is 11.5 Å². The molecule has 0 heterocycles. The molecule has 1 aromatic carbocycles. The van der Waals surface area contributed by atoms with Crippen LogP contribution < -0.4 is 14.8 Å². The normalized spacial score (nSPS) is 10.0. The summed E-state index contributed by atoms with van der Waals surface area (Å²) in [5.74, 6) is 0.292. The number of ether oxygens (including phenoxy) is 3. The molecule has 0 aliphatic rings. The van der Waals surface area contributed by atoms with Crippen LogP contribution in [-0.4, -0.2) is 39.2 Å². The number of benzene rings is 1. The number of rotatable bonds is 8. The highest BCUT2D eigenvalue weighted by Crippen LogP contribution is 2.33. The summed E-state index contributed by atoms with van der Waals surface area (Å²) in [5.41, 5.74) is 0.691. The van der Waals surface area contributed by atoms with E-state index in [4.69, 9.17) is 14.2 Å². The van der Waals surface area contributed by atoms with Gasteiger partial charge in [0.15, 0.2) is 18.1 Å². The molecule has 0 saturated carbocycles. The van der Waals surface area contributed by atoms with E-state index in [0.717, 1.165) is 6.42 Å². The van der Waals surface area contributed by atoms with Crippen LogP contribution in [0.2, 0.25) is 0 Å². The molecule has 0 saturated heterocycles. The molecular formula is C15H20BrNO5. The zero-order chi connectivity index (χ0) is 16.5. The number of nitrogens with one attached hydrogen (secondary N) is 1. The third-order valence-corrected chi connectivity index (χ3v) is 3.56. The van der Waals surface area contributed by atoms with Crippen LogP contribution in [0.25, 0.3) is 0 Å². The summed E-state index contributed by atoms with van der Waals surface area (Å²) in [7, 11) is 3.05. The Balaban J connectivity index is 2.62. The Morgan fingerprint density at radius 3 is 2.41 bits per heavy atom. The van der Waals surface area contributed by atoms with E-state index in [2.05, 4.69) is 21.2 Å². The molecular weight excluding hydrogens is 354 g/mol. The average Bonchev–Trinajstić information content (AvgIpc) is 2.52. The molecule has 0 fully saturated rings. The van der Waals surface area contributed by atoms with E-state index in [0.29, 0.717) is 28.1 Å². The third-order valence-electron chi connectivity index (χ3n) is 2.82. The van der Waals surface area contributed by atoms with E-state index in [9.17, 15) is 9.59 Å². The SMILES string of the molecule is CCCNC(=O)COC(=O)Cc1cc(OC)c(OC)cc1Br. The number of carbonyl (C=O) groups excluding carboxylic acids is 2. The number of hydrogen-bond acceptors (Lipinski definition) is 5. The largest absolute Gasteiger partial charge is 0.493 e. The molecule has 0 radical (unpaired) electrons. The maximum atomic E-state index is 11.8. The zero-order valence-electron chi connectivity index (χ0n) is 12.9. The zero-order valence-corrected chi connectivity index (χ0v) is 14.5. The molecule has 0 aliphatic heterocycles. The van der Waals surface area contributed by atoms with Gasteiger partial charge in [-0.3, -0.25) is 9.59 Å². The Hall–Kier alpha value is -1.76. The van der Waals surface area contributed by atoms with Gasteiger partial charge in [0.05, 0.1) is 20.6 Å². The van der Waals surface area contributed by atoms with Gasteiger partial charge >= 0.3 is 5.97 Å². The number of methoxy groups -OCH3 is 2. The quantitative estimate of drug-likeness (QED) is 0.706. The van der Waals surface area contributed by atoms with Crippen molar-refractivity contribution in [3.63, 3.8) is 0 Å². The van der Waals surface area contributed by atoms with Gasteiger partial charge in [0.2, 0.25) is 0 Å². The standard InChI is InChI=1S/C15H20BrNO5/c1-4-5-17-14(18)9-22-15(19)7-10-6-12(20-2)13(21-3)8-11(10)16/h6,8H,4-5,7,9H2,1-3H3,(H,17,18). The Morgan fingerprint density at radius 1 is 1.18 bits per heavy atom. The fourth-order valence-corrected chi connectivity index (χ4v) is 2.16. The minimum atomic E-state index is -0.487. The second-order valence-electron chi connectivity index (χ2n) is 4.49. The lowest BCUT2D eigenvalue weighted by atomic mass is 10.1. The van der Waals surface area contributed by atoms with Crippen molar-refractivity contribution in [2.24, 2.45) is 0 Å². The van der Waals surface area contributed by atoms with Gasteiger partial charge in [-0.1, -0.05) is 22.9 Å². The number of esters is 1. The number of halogens is 1. The smallest absolute Gasteiger partial charge is 0.310 e. The predicted octanol–water partition coefficient (Wildman–Crippen LogP) is 2.08. The van der Waals surface area contributed by atoms with E-state index in [-0.39, 0.29) is 18.9 Å². The van der Waals surface area contributed by atoms with E-state index in [1.54, 1.807) is 12.1 Å². The molecule has 0 atom stereocenters. The van der Waals surface area contributed by atoms with Gasteiger partial charge < -0.3 is 19.5 Å². The van der Waals surface area contributed by atoms with Crippen LogP contribution in [0.3, 0.4) is 0 Å². The fraction of sp³-hybridized carbons (Fsp3) is 0.467. The van der Waals surface area contributed by atoms with Gasteiger partial charge in [0.1, 0.15) is 0 Å². The minimum Gasteiger partial charge on any atom is -0.493 e. The van der Waals surface area contributed by atoms with E-state index in [1.165, 1.54) is 14.2 Å². The van der Waals surface area contributed by atoms with Gasteiger partial charge in [-0.15, -0.1) is 0 Å². The average molecular weight is 374 g/mol. The van der Waals surface area contributed by atoms with E-state index in [1.807, 2.05) is 6.92 Å².